The number of halogens is 3. The molecule has 1 aliphatic rings. The third kappa shape index (κ3) is 3.45. The van der Waals surface area contributed by atoms with Gasteiger partial charge in [-0.2, -0.15) is 13.2 Å². The van der Waals surface area contributed by atoms with Crippen molar-refractivity contribution in [1.29, 1.82) is 0 Å². The first-order valence-electron chi connectivity index (χ1n) is 6.92. The molecule has 0 saturated heterocycles. The molecule has 0 amide bonds. The molecule has 1 aromatic carbocycles. The summed E-state index contributed by atoms with van der Waals surface area (Å²) in [6.07, 6.45) is -2.66. The van der Waals surface area contributed by atoms with Gasteiger partial charge >= 0.3 is 6.18 Å². The molecule has 2 rings (SSSR count). The fourth-order valence-electron chi connectivity index (χ4n) is 2.66. The molecule has 2 nitrogen and oxygen atoms in total. The molecular weight excluding hydrogens is 269 g/mol. The lowest BCUT2D eigenvalue weighted by Gasteiger charge is -2.33. The van der Waals surface area contributed by atoms with Crippen LogP contribution in [0.4, 0.5) is 13.2 Å². The van der Waals surface area contributed by atoms with E-state index in [1.807, 2.05) is 6.92 Å². The van der Waals surface area contributed by atoms with E-state index < -0.39 is 23.9 Å². The van der Waals surface area contributed by atoms with Crippen LogP contribution in [0.1, 0.15) is 38.2 Å². The van der Waals surface area contributed by atoms with Gasteiger partial charge in [0.15, 0.2) is 0 Å². The van der Waals surface area contributed by atoms with Crippen molar-refractivity contribution in [1.82, 2.24) is 0 Å². The predicted octanol–water partition coefficient (Wildman–Crippen LogP) is 4.02. The highest BCUT2D eigenvalue weighted by atomic mass is 19.4. The zero-order valence-corrected chi connectivity index (χ0v) is 11.4. The summed E-state index contributed by atoms with van der Waals surface area (Å²) < 4.78 is 44.2. The number of ether oxygens (including phenoxy) is 1. The van der Waals surface area contributed by atoms with Crippen LogP contribution >= 0.6 is 0 Å². The van der Waals surface area contributed by atoms with Crippen molar-refractivity contribution in [3.05, 3.63) is 29.8 Å². The van der Waals surface area contributed by atoms with E-state index in [4.69, 9.17) is 4.74 Å². The van der Waals surface area contributed by atoms with Gasteiger partial charge in [0.05, 0.1) is 11.7 Å². The zero-order valence-electron chi connectivity index (χ0n) is 11.4. The maximum Gasteiger partial charge on any atom is 0.419 e. The van der Waals surface area contributed by atoms with Crippen molar-refractivity contribution >= 4 is 0 Å². The van der Waals surface area contributed by atoms with Gasteiger partial charge < -0.3 is 9.84 Å². The van der Waals surface area contributed by atoms with Crippen LogP contribution in [0, 0.1) is 5.92 Å². The Morgan fingerprint density at radius 3 is 2.60 bits per heavy atom. The number of para-hydroxylation sites is 1. The Morgan fingerprint density at radius 2 is 1.95 bits per heavy atom. The normalized spacial score (nSPS) is 27.4. The summed E-state index contributed by atoms with van der Waals surface area (Å²) in [5.41, 5.74) is -0.786. The zero-order chi connectivity index (χ0) is 14.8. The van der Waals surface area contributed by atoms with Crippen molar-refractivity contribution in [2.75, 3.05) is 0 Å². The second kappa shape index (κ2) is 6.04. The summed E-state index contributed by atoms with van der Waals surface area (Å²) in [5, 5.41) is 9.93. The van der Waals surface area contributed by atoms with Crippen LogP contribution in [0.2, 0.25) is 0 Å². The van der Waals surface area contributed by atoms with Crippen LogP contribution < -0.4 is 4.74 Å². The highest BCUT2D eigenvalue weighted by Crippen LogP contribution is 2.38. The molecule has 1 aliphatic carbocycles. The van der Waals surface area contributed by atoms with Gasteiger partial charge in [-0.05, 0) is 37.3 Å². The first-order valence-corrected chi connectivity index (χ1v) is 6.92. The van der Waals surface area contributed by atoms with E-state index in [2.05, 4.69) is 0 Å². The molecule has 20 heavy (non-hydrogen) atoms. The third-order valence-electron chi connectivity index (χ3n) is 3.91. The second-order valence-corrected chi connectivity index (χ2v) is 5.30. The van der Waals surface area contributed by atoms with Crippen LogP contribution in [0.5, 0.6) is 5.75 Å². The van der Waals surface area contributed by atoms with Gasteiger partial charge in [0.1, 0.15) is 11.9 Å². The Hall–Kier alpha value is -1.23. The van der Waals surface area contributed by atoms with E-state index in [0.29, 0.717) is 18.8 Å². The van der Waals surface area contributed by atoms with Crippen molar-refractivity contribution in [2.24, 2.45) is 5.92 Å². The van der Waals surface area contributed by atoms with Crippen molar-refractivity contribution < 1.29 is 23.0 Å². The molecule has 0 aliphatic heterocycles. The molecule has 0 spiro atoms. The Bertz CT molecular complexity index is 445. The number of alkyl halides is 3. The molecule has 3 unspecified atom stereocenters. The highest BCUT2D eigenvalue weighted by Gasteiger charge is 2.36. The summed E-state index contributed by atoms with van der Waals surface area (Å²) in [6, 6.07) is 5.16. The maximum atomic E-state index is 12.9. The van der Waals surface area contributed by atoms with Crippen LogP contribution in [0.3, 0.4) is 0 Å². The summed E-state index contributed by atoms with van der Waals surface area (Å²) >= 11 is 0. The van der Waals surface area contributed by atoms with Crippen LogP contribution in [0.25, 0.3) is 0 Å². The van der Waals surface area contributed by atoms with Gasteiger partial charge in [0, 0.05) is 0 Å². The van der Waals surface area contributed by atoms with E-state index in [-0.39, 0.29) is 5.75 Å². The molecule has 1 saturated carbocycles. The van der Waals surface area contributed by atoms with Crippen LogP contribution in [-0.4, -0.2) is 17.3 Å². The lowest BCUT2D eigenvalue weighted by molar-refractivity contribution is -0.140. The van der Waals surface area contributed by atoms with Gasteiger partial charge in [-0.25, -0.2) is 0 Å². The van der Waals surface area contributed by atoms with E-state index >= 15 is 0 Å². The topological polar surface area (TPSA) is 29.5 Å². The summed E-state index contributed by atoms with van der Waals surface area (Å²) in [6.45, 7) is 2.04. The van der Waals surface area contributed by atoms with E-state index in [1.165, 1.54) is 18.2 Å². The number of hydrogen-bond donors (Lipinski definition) is 1. The lowest BCUT2D eigenvalue weighted by atomic mass is 9.84. The molecule has 1 aromatic rings. The number of benzene rings is 1. The fraction of sp³-hybridized carbons (Fsp3) is 0.600. The Balaban J connectivity index is 2.17. The summed E-state index contributed by atoms with van der Waals surface area (Å²) in [7, 11) is 0. The van der Waals surface area contributed by atoms with Gasteiger partial charge in [-0.1, -0.05) is 25.5 Å². The fourth-order valence-corrected chi connectivity index (χ4v) is 2.66. The quantitative estimate of drug-likeness (QED) is 0.910. The van der Waals surface area contributed by atoms with Gasteiger partial charge in [0.2, 0.25) is 0 Å². The standard InChI is InChI=1S/C15H19F3O2/c1-2-10-7-8-12(19)14(9-10)20-13-6-4-3-5-11(13)15(16,17)18/h3-6,10,12,14,19H,2,7-9H2,1H3. The van der Waals surface area contributed by atoms with Crippen LogP contribution in [-0.2, 0) is 6.18 Å². The van der Waals surface area contributed by atoms with Crippen molar-refractivity contribution in [3.63, 3.8) is 0 Å². The van der Waals surface area contributed by atoms with E-state index in [9.17, 15) is 18.3 Å². The van der Waals surface area contributed by atoms with Crippen molar-refractivity contribution in [3.8, 4) is 5.75 Å². The largest absolute Gasteiger partial charge is 0.487 e. The van der Waals surface area contributed by atoms with E-state index in [0.717, 1.165) is 18.9 Å². The maximum absolute atomic E-state index is 12.9. The third-order valence-corrected chi connectivity index (χ3v) is 3.91. The molecule has 3 atom stereocenters. The summed E-state index contributed by atoms with van der Waals surface area (Å²) in [4.78, 5) is 0. The SMILES string of the molecule is CCC1CCC(O)C(Oc2ccccc2C(F)(F)F)C1. The second-order valence-electron chi connectivity index (χ2n) is 5.30. The number of aliphatic hydroxyl groups excluding tert-OH is 1. The molecule has 0 bridgehead atoms. The predicted molar refractivity (Wildman–Crippen MR) is 69.5 cm³/mol. The molecule has 0 radical (unpaired) electrons. The number of hydrogen-bond acceptors (Lipinski definition) is 2. The minimum Gasteiger partial charge on any atom is -0.487 e. The number of aliphatic hydroxyl groups is 1. The highest BCUT2D eigenvalue weighted by molar-refractivity contribution is 5.35. The smallest absolute Gasteiger partial charge is 0.419 e. The van der Waals surface area contributed by atoms with Gasteiger partial charge in [0.25, 0.3) is 0 Å². The molecule has 5 heteroatoms. The molecule has 1 fully saturated rings. The average Bonchev–Trinajstić information content (AvgIpc) is 2.41. The number of rotatable bonds is 3. The molecule has 0 aromatic heterocycles. The molecule has 112 valence electrons. The average molecular weight is 288 g/mol. The first-order chi connectivity index (χ1) is 9.41. The van der Waals surface area contributed by atoms with E-state index in [1.54, 1.807) is 0 Å². The monoisotopic (exact) mass is 288 g/mol. The molecule has 1 N–H and O–H groups in total. The van der Waals surface area contributed by atoms with Gasteiger partial charge in [-0.15, -0.1) is 0 Å². The van der Waals surface area contributed by atoms with Gasteiger partial charge in [-0.3, -0.25) is 0 Å². The Labute approximate surface area is 116 Å². The first kappa shape index (κ1) is 15.2. The summed E-state index contributed by atoms with van der Waals surface area (Å²) in [5.74, 6) is 0.210. The Morgan fingerprint density at radius 1 is 1.25 bits per heavy atom. The molecule has 0 heterocycles. The van der Waals surface area contributed by atoms with Crippen molar-refractivity contribution in [2.45, 2.75) is 51.0 Å². The van der Waals surface area contributed by atoms with Crippen LogP contribution in [0.15, 0.2) is 24.3 Å². The lowest BCUT2D eigenvalue weighted by Crippen LogP contribution is -2.38. The minimum atomic E-state index is -4.44. The molecular formula is C15H19F3O2. The minimum absolute atomic E-state index is 0.194. The Kier molecular flexibility index (Phi) is 4.58.